The molecular weight excluding hydrogens is 358 g/mol. The number of ether oxygens (including phenoxy) is 2. The maximum absolute atomic E-state index is 12.9. The van der Waals surface area contributed by atoms with Gasteiger partial charge in [0, 0.05) is 18.7 Å². The van der Waals surface area contributed by atoms with Crippen LogP contribution in [0, 0.1) is 11.8 Å². The number of nitrogens with zero attached hydrogens (tertiary/aromatic N) is 1. The molecule has 0 unspecified atom stereocenters. The van der Waals surface area contributed by atoms with Crippen LogP contribution in [0.15, 0.2) is 30.8 Å². The normalized spacial score (nSPS) is 17.9. The average molecular weight is 389 g/mol. The molecule has 1 aromatic rings. The molecule has 1 N–H and O–H groups in total. The Morgan fingerprint density at radius 2 is 2.07 bits per heavy atom. The van der Waals surface area contributed by atoms with Crippen molar-refractivity contribution in [1.82, 2.24) is 4.90 Å². The van der Waals surface area contributed by atoms with Crippen molar-refractivity contribution >= 4 is 17.8 Å². The van der Waals surface area contributed by atoms with Gasteiger partial charge in [0.15, 0.2) is 0 Å². The van der Waals surface area contributed by atoms with E-state index in [0.717, 1.165) is 11.1 Å². The molecule has 2 atom stereocenters. The Morgan fingerprint density at radius 3 is 2.64 bits per heavy atom. The van der Waals surface area contributed by atoms with Gasteiger partial charge < -0.3 is 19.5 Å². The van der Waals surface area contributed by atoms with Crippen LogP contribution in [0.25, 0.3) is 5.76 Å². The Morgan fingerprint density at radius 1 is 1.36 bits per heavy atom. The van der Waals surface area contributed by atoms with Gasteiger partial charge in [0.25, 0.3) is 0 Å². The van der Waals surface area contributed by atoms with Gasteiger partial charge in [-0.05, 0) is 58.1 Å². The maximum Gasteiger partial charge on any atom is 0.407 e. The highest BCUT2D eigenvalue weighted by atomic mass is 16.6. The largest absolute Gasteiger partial charge is 0.494 e. The first kappa shape index (κ1) is 21.8. The van der Waals surface area contributed by atoms with Crippen molar-refractivity contribution in [2.45, 2.75) is 46.1 Å². The molecule has 0 radical (unpaired) electrons. The van der Waals surface area contributed by atoms with Crippen LogP contribution >= 0.6 is 0 Å². The van der Waals surface area contributed by atoms with Crippen LogP contribution in [-0.4, -0.2) is 47.4 Å². The number of hydrogen-bond donors (Lipinski definition) is 1. The number of likely N-dealkylation sites (tertiary alicyclic amines) is 1. The lowest BCUT2D eigenvalue weighted by molar-refractivity contribution is -0.161. The van der Waals surface area contributed by atoms with E-state index in [1.807, 2.05) is 52.0 Å². The minimum absolute atomic E-state index is 0.0651. The highest BCUT2D eigenvalue weighted by Crippen LogP contribution is 2.30. The molecule has 0 bridgehead atoms. The molecule has 1 aliphatic rings. The third-order valence-electron chi connectivity index (χ3n) is 4.80. The van der Waals surface area contributed by atoms with Crippen molar-refractivity contribution in [3.63, 3.8) is 0 Å². The van der Waals surface area contributed by atoms with Crippen LogP contribution < -0.4 is 0 Å². The molecule has 154 valence electrons. The smallest absolute Gasteiger partial charge is 0.407 e. The van der Waals surface area contributed by atoms with Gasteiger partial charge in [-0.15, -0.1) is 0 Å². The number of hydrogen-bond acceptors (Lipinski definition) is 4. The minimum atomic E-state index is -0.944. The van der Waals surface area contributed by atoms with Crippen molar-refractivity contribution in [2.24, 2.45) is 11.8 Å². The van der Waals surface area contributed by atoms with Crippen LogP contribution in [0.4, 0.5) is 4.79 Å². The number of rotatable bonds is 7. The fourth-order valence-corrected chi connectivity index (χ4v) is 3.49. The van der Waals surface area contributed by atoms with E-state index < -0.39 is 17.6 Å². The summed E-state index contributed by atoms with van der Waals surface area (Å²) < 4.78 is 11.1. The molecule has 1 saturated heterocycles. The highest BCUT2D eigenvalue weighted by Gasteiger charge is 2.37. The standard InChI is InChI=1S/C22H31NO5/c1-6-27-15(2)17-9-7-8-16(12-17)13-19(20(24)28-22(3,4)5)18-10-11-23(14-18)21(25)26/h7-9,12,18-19H,2,6,10-11,13-14H2,1,3-5H3,(H,25,26)/t18-,19-/m0/s1. The fourth-order valence-electron chi connectivity index (χ4n) is 3.49. The van der Waals surface area contributed by atoms with Crippen LogP contribution in [-0.2, 0) is 20.7 Å². The quantitative estimate of drug-likeness (QED) is 0.559. The highest BCUT2D eigenvalue weighted by molar-refractivity contribution is 5.74. The molecule has 2 rings (SSSR count). The number of esters is 1. The van der Waals surface area contributed by atoms with E-state index in [9.17, 15) is 14.7 Å². The fraction of sp³-hybridized carbons (Fsp3) is 0.545. The Hall–Kier alpha value is -2.50. The van der Waals surface area contributed by atoms with Crippen molar-refractivity contribution < 1.29 is 24.2 Å². The van der Waals surface area contributed by atoms with Gasteiger partial charge in [-0.1, -0.05) is 24.8 Å². The molecule has 6 nitrogen and oxygen atoms in total. The molecule has 6 heteroatoms. The lowest BCUT2D eigenvalue weighted by Crippen LogP contribution is -2.35. The zero-order valence-electron chi connectivity index (χ0n) is 17.2. The molecule has 0 spiro atoms. The molecule has 1 heterocycles. The van der Waals surface area contributed by atoms with Gasteiger partial charge in [-0.25, -0.2) is 4.79 Å². The third-order valence-corrected chi connectivity index (χ3v) is 4.80. The molecule has 1 amide bonds. The molecule has 0 aliphatic carbocycles. The molecule has 1 fully saturated rings. The lowest BCUT2D eigenvalue weighted by Gasteiger charge is -2.27. The summed E-state index contributed by atoms with van der Waals surface area (Å²) in [6.07, 6.45) is 0.197. The number of carbonyl (C=O) groups excluding carboxylic acids is 1. The van der Waals surface area contributed by atoms with E-state index in [1.165, 1.54) is 4.90 Å². The van der Waals surface area contributed by atoms with E-state index in [0.29, 0.717) is 38.3 Å². The second-order valence-corrected chi connectivity index (χ2v) is 8.18. The van der Waals surface area contributed by atoms with Gasteiger partial charge in [0.1, 0.15) is 11.4 Å². The molecular formula is C22H31NO5. The molecule has 0 aromatic heterocycles. The number of carbonyl (C=O) groups is 2. The van der Waals surface area contributed by atoms with Crippen molar-refractivity contribution in [1.29, 1.82) is 0 Å². The van der Waals surface area contributed by atoms with Crippen molar-refractivity contribution in [3.8, 4) is 0 Å². The van der Waals surface area contributed by atoms with Crippen molar-refractivity contribution in [3.05, 3.63) is 42.0 Å². The van der Waals surface area contributed by atoms with E-state index in [4.69, 9.17) is 9.47 Å². The summed E-state index contributed by atoms with van der Waals surface area (Å²) >= 11 is 0. The SMILES string of the molecule is C=C(OCC)c1cccc(C[C@H](C(=O)OC(C)(C)C)[C@H]2CCN(C(=O)O)C2)c1. The second-order valence-electron chi connectivity index (χ2n) is 8.18. The van der Waals surface area contributed by atoms with E-state index in [-0.39, 0.29) is 11.9 Å². The van der Waals surface area contributed by atoms with E-state index >= 15 is 0 Å². The van der Waals surface area contributed by atoms with Crippen LogP contribution in [0.1, 0.15) is 45.2 Å². The molecule has 0 saturated carbocycles. The van der Waals surface area contributed by atoms with Gasteiger partial charge in [-0.3, -0.25) is 4.79 Å². The Kier molecular flexibility index (Phi) is 7.11. The first-order chi connectivity index (χ1) is 13.1. The minimum Gasteiger partial charge on any atom is -0.494 e. The Bertz CT molecular complexity index is 722. The summed E-state index contributed by atoms with van der Waals surface area (Å²) in [5.74, 6) is -0.154. The molecule has 1 aliphatic heterocycles. The number of benzene rings is 1. The van der Waals surface area contributed by atoms with E-state index in [2.05, 4.69) is 6.58 Å². The summed E-state index contributed by atoms with van der Waals surface area (Å²) in [4.78, 5) is 25.6. The van der Waals surface area contributed by atoms with E-state index in [1.54, 1.807) is 0 Å². The molecule has 1 aromatic carbocycles. The maximum atomic E-state index is 12.9. The van der Waals surface area contributed by atoms with Crippen LogP contribution in [0.5, 0.6) is 0 Å². The van der Waals surface area contributed by atoms with Gasteiger partial charge in [-0.2, -0.15) is 0 Å². The van der Waals surface area contributed by atoms with Crippen LogP contribution in [0.3, 0.4) is 0 Å². The zero-order chi connectivity index (χ0) is 20.9. The summed E-state index contributed by atoms with van der Waals surface area (Å²) in [7, 11) is 0. The van der Waals surface area contributed by atoms with Gasteiger partial charge >= 0.3 is 12.1 Å². The van der Waals surface area contributed by atoms with Crippen LogP contribution in [0.2, 0.25) is 0 Å². The van der Waals surface area contributed by atoms with Gasteiger partial charge in [0.05, 0.1) is 12.5 Å². The summed E-state index contributed by atoms with van der Waals surface area (Å²) in [5, 5.41) is 9.26. The second kappa shape index (κ2) is 9.13. The Balaban J connectivity index is 2.22. The summed E-state index contributed by atoms with van der Waals surface area (Å²) in [5.41, 5.74) is 1.26. The summed E-state index contributed by atoms with van der Waals surface area (Å²) in [6, 6.07) is 7.77. The topological polar surface area (TPSA) is 76.1 Å². The first-order valence-electron chi connectivity index (χ1n) is 9.72. The predicted octanol–water partition coefficient (Wildman–Crippen LogP) is 4.19. The predicted molar refractivity (Wildman–Crippen MR) is 108 cm³/mol. The first-order valence-corrected chi connectivity index (χ1v) is 9.72. The average Bonchev–Trinajstić information content (AvgIpc) is 3.08. The van der Waals surface area contributed by atoms with Crippen molar-refractivity contribution in [2.75, 3.05) is 19.7 Å². The monoisotopic (exact) mass is 389 g/mol. The third kappa shape index (κ3) is 6.01. The zero-order valence-corrected chi connectivity index (χ0v) is 17.2. The van der Waals surface area contributed by atoms with Gasteiger partial charge in [0.2, 0.25) is 0 Å². The number of carboxylic acid groups (broad SMARTS) is 1. The summed E-state index contributed by atoms with van der Waals surface area (Å²) in [6.45, 7) is 12.7. The lowest BCUT2D eigenvalue weighted by atomic mass is 9.85. The molecule has 28 heavy (non-hydrogen) atoms. The Labute approximate surface area is 167 Å². The number of amides is 1.